The highest BCUT2D eigenvalue weighted by molar-refractivity contribution is 5.78. The number of aliphatic carboxylic acids is 1. The molecule has 0 amide bonds. The Labute approximate surface area is 119 Å². The molecular formula is C16H22FNO2. The van der Waals surface area contributed by atoms with E-state index >= 15 is 0 Å². The number of likely N-dealkylation sites (tertiary alicyclic amines) is 1. The van der Waals surface area contributed by atoms with E-state index in [1.54, 1.807) is 25.1 Å². The quantitative estimate of drug-likeness (QED) is 0.920. The molecule has 1 heterocycles. The van der Waals surface area contributed by atoms with Crippen LogP contribution in [0.25, 0.3) is 0 Å². The molecule has 1 aliphatic heterocycles. The lowest BCUT2D eigenvalue weighted by Crippen LogP contribution is -2.54. The van der Waals surface area contributed by atoms with Crippen LogP contribution >= 0.6 is 0 Å². The van der Waals surface area contributed by atoms with Crippen LogP contribution in [-0.2, 0) is 11.2 Å². The molecule has 0 aromatic heterocycles. The topological polar surface area (TPSA) is 40.5 Å². The fourth-order valence-electron chi connectivity index (χ4n) is 2.90. The van der Waals surface area contributed by atoms with Gasteiger partial charge in [0, 0.05) is 6.42 Å². The van der Waals surface area contributed by atoms with Crippen LogP contribution in [0, 0.1) is 5.82 Å². The van der Waals surface area contributed by atoms with Crippen molar-refractivity contribution in [3.8, 4) is 0 Å². The SMILES string of the molecule is CC(Cc1ccccc1F)(C(=O)O)N1CCCCCC1. The van der Waals surface area contributed by atoms with E-state index in [2.05, 4.69) is 0 Å². The Morgan fingerprint density at radius 1 is 1.25 bits per heavy atom. The summed E-state index contributed by atoms with van der Waals surface area (Å²) in [4.78, 5) is 13.8. The molecule has 20 heavy (non-hydrogen) atoms. The van der Waals surface area contributed by atoms with E-state index in [0.717, 1.165) is 38.8 Å². The van der Waals surface area contributed by atoms with Crippen LogP contribution < -0.4 is 0 Å². The van der Waals surface area contributed by atoms with Gasteiger partial charge in [0.1, 0.15) is 11.4 Å². The summed E-state index contributed by atoms with van der Waals surface area (Å²) in [5.41, 5.74) is -0.561. The van der Waals surface area contributed by atoms with Crippen LogP contribution in [0.2, 0.25) is 0 Å². The Bertz CT molecular complexity index is 469. The molecule has 3 nitrogen and oxygen atoms in total. The van der Waals surface area contributed by atoms with Gasteiger partial charge in [-0.15, -0.1) is 0 Å². The number of hydrogen-bond acceptors (Lipinski definition) is 2. The van der Waals surface area contributed by atoms with Crippen molar-refractivity contribution in [3.05, 3.63) is 35.6 Å². The predicted octanol–water partition coefficient (Wildman–Crippen LogP) is 3.09. The molecule has 1 fully saturated rings. The van der Waals surface area contributed by atoms with Gasteiger partial charge in [-0.25, -0.2) is 4.39 Å². The molecule has 0 aliphatic carbocycles. The van der Waals surface area contributed by atoms with Gasteiger partial charge in [-0.1, -0.05) is 31.0 Å². The van der Waals surface area contributed by atoms with E-state index in [-0.39, 0.29) is 12.2 Å². The van der Waals surface area contributed by atoms with Crippen molar-refractivity contribution in [1.29, 1.82) is 0 Å². The summed E-state index contributed by atoms with van der Waals surface area (Å²) in [6.07, 6.45) is 4.52. The van der Waals surface area contributed by atoms with Crippen LogP contribution in [0.1, 0.15) is 38.2 Å². The molecule has 1 aromatic carbocycles. The van der Waals surface area contributed by atoms with Gasteiger partial charge in [-0.05, 0) is 44.5 Å². The van der Waals surface area contributed by atoms with Gasteiger partial charge in [0.25, 0.3) is 0 Å². The van der Waals surface area contributed by atoms with Crippen LogP contribution in [-0.4, -0.2) is 34.6 Å². The Morgan fingerprint density at radius 3 is 2.40 bits per heavy atom. The first-order chi connectivity index (χ1) is 9.54. The largest absolute Gasteiger partial charge is 0.480 e. The minimum Gasteiger partial charge on any atom is -0.480 e. The van der Waals surface area contributed by atoms with Gasteiger partial charge < -0.3 is 5.11 Å². The Balaban J connectivity index is 2.24. The molecular weight excluding hydrogens is 257 g/mol. The highest BCUT2D eigenvalue weighted by Crippen LogP contribution is 2.26. The third kappa shape index (κ3) is 3.18. The molecule has 2 rings (SSSR count). The highest BCUT2D eigenvalue weighted by Gasteiger charge is 2.40. The Kier molecular flexibility index (Phi) is 4.76. The van der Waals surface area contributed by atoms with E-state index in [0.29, 0.717) is 5.56 Å². The van der Waals surface area contributed by atoms with Crippen molar-refractivity contribution in [2.45, 2.75) is 44.6 Å². The highest BCUT2D eigenvalue weighted by atomic mass is 19.1. The van der Waals surface area contributed by atoms with Gasteiger partial charge in [0.15, 0.2) is 0 Å². The molecule has 0 spiro atoms. The number of carboxylic acids is 1. The molecule has 0 radical (unpaired) electrons. The van der Waals surface area contributed by atoms with Gasteiger partial charge >= 0.3 is 5.97 Å². The molecule has 1 aliphatic rings. The maximum Gasteiger partial charge on any atom is 0.324 e. The second-order valence-corrected chi connectivity index (χ2v) is 5.75. The summed E-state index contributed by atoms with van der Waals surface area (Å²) >= 11 is 0. The molecule has 1 N–H and O–H groups in total. The summed E-state index contributed by atoms with van der Waals surface area (Å²) in [7, 11) is 0. The maximum absolute atomic E-state index is 13.8. The van der Waals surface area contributed by atoms with E-state index in [1.807, 2.05) is 4.90 Å². The average Bonchev–Trinajstić information content (AvgIpc) is 2.70. The second kappa shape index (κ2) is 6.35. The lowest BCUT2D eigenvalue weighted by Gasteiger charge is -2.37. The average molecular weight is 279 g/mol. The monoisotopic (exact) mass is 279 g/mol. The second-order valence-electron chi connectivity index (χ2n) is 5.75. The van der Waals surface area contributed by atoms with Crippen molar-refractivity contribution in [2.75, 3.05) is 13.1 Å². The standard InChI is InChI=1S/C16H22FNO2/c1-16(15(19)20,18-10-6-2-3-7-11-18)12-13-8-4-5-9-14(13)17/h4-5,8-9H,2-3,6-7,10-12H2,1H3,(H,19,20). The third-order valence-electron chi connectivity index (χ3n) is 4.26. The van der Waals surface area contributed by atoms with E-state index in [1.165, 1.54) is 6.07 Å². The third-order valence-corrected chi connectivity index (χ3v) is 4.26. The number of carbonyl (C=O) groups is 1. The van der Waals surface area contributed by atoms with Crippen molar-refractivity contribution >= 4 is 5.97 Å². The maximum atomic E-state index is 13.8. The van der Waals surface area contributed by atoms with Crippen LogP contribution in [0.15, 0.2) is 24.3 Å². The normalized spacial score (nSPS) is 20.1. The first kappa shape index (κ1) is 15.0. The lowest BCUT2D eigenvalue weighted by molar-refractivity contribution is -0.150. The zero-order chi connectivity index (χ0) is 14.6. The number of carboxylic acid groups (broad SMARTS) is 1. The zero-order valence-electron chi connectivity index (χ0n) is 11.9. The van der Waals surface area contributed by atoms with Crippen LogP contribution in [0.5, 0.6) is 0 Å². The van der Waals surface area contributed by atoms with E-state index < -0.39 is 11.5 Å². The number of rotatable bonds is 4. The van der Waals surface area contributed by atoms with Crippen molar-refractivity contribution in [1.82, 2.24) is 4.90 Å². The van der Waals surface area contributed by atoms with Gasteiger partial charge in [-0.2, -0.15) is 0 Å². The molecule has 1 saturated heterocycles. The number of hydrogen-bond donors (Lipinski definition) is 1. The molecule has 1 unspecified atom stereocenters. The molecule has 0 bridgehead atoms. The molecule has 110 valence electrons. The lowest BCUT2D eigenvalue weighted by atomic mass is 9.90. The number of nitrogens with zero attached hydrogens (tertiary/aromatic N) is 1. The zero-order valence-corrected chi connectivity index (χ0v) is 11.9. The predicted molar refractivity (Wildman–Crippen MR) is 76.2 cm³/mol. The van der Waals surface area contributed by atoms with Crippen LogP contribution in [0.3, 0.4) is 0 Å². The summed E-state index contributed by atoms with van der Waals surface area (Å²) in [5, 5.41) is 9.66. The number of benzene rings is 1. The number of halogens is 1. The van der Waals surface area contributed by atoms with Gasteiger partial charge in [0.2, 0.25) is 0 Å². The first-order valence-corrected chi connectivity index (χ1v) is 7.26. The van der Waals surface area contributed by atoms with Crippen molar-refractivity contribution in [3.63, 3.8) is 0 Å². The minimum absolute atomic E-state index is 0.203. The summed E-state index contributed by atoms with van der Waals surface area (Å²) < 4.78 is 13.8. The molecule has 1 atom stereocenters. The Hall–Kier alpha value is -1.42. The fourth-order valence-corrected chi connectivity index (χ4v) is 2.90. The first-order valence-electron chi connectivity index (χ1n) is 7.26. The van der Waals surface area contributed by atoms with Crippen molar-refractivity contribution in [2.24, 2.45) is 0 Å². The molecule has 1 aromatic rings. The minimum atomic E-state index is -1.04. The smallest absolute Gasteiger partial charge is 0.324 e. The van der Waals surface area contributed by atoms with Crippen molar-refractivity contribution < 1.29 is 14.3 Å². The fraction of sp³-hybridized carbons (Fsp3) is 0.562. The summed E-state index contributed by atoms with van der Waals surface area (Å²) in [6.45, 7) is 3.27. The Morgan fingerprint density at radius 2 is 1.85 bits per heavy atom. The van der Waals surface area contributed by atoms with Gasteiger partial charge in [-0.3, -0.25) is 9.69 Å². The van der Waals surface area contributed by atoms with Gasteiger partial charge in [0.05, 0.1) is 0 Å². The van der Waals surface area contributed by atoms with E-state index in [9.17, 15) is 14.3 Å². The van der Waals surface area contributed by atoms with Crippen LogP contribution in [0.4, 0.5) is 4.39 Å². The van der Waals surface area contributed by atoms with E-state index in [4.69, 9.17) is 0 Å². The summed E-state index contributed by atoms with van der Waals surface area (Å²) in [5.74, 6) is -1.20. The summed E-state index contributed by atoms with van der Waals surface area (Å²) in [6, 6.07) is 6.44. The molecule has 4 heteroatoms. The molecule has 0 saturated carbocycles.